The molecule has 1 saturated heterocycles. The lowest BCUT2D eigenvalue weighted by molar-refractivity contribution is 0.0694. The van der Waals surface area contributed by atoms with E-state index >= 15 is 4.39 Å². The molecular formula is C21H23FN4O4. The summed E-state index contributed by atoms with van der Waals surface area (Å²) in [6.45, 7) is 3.46. The van der Waals surface area contributed by atoms with Gasteiger partial charge < -0.3 is 20.5 Å². The van der Waals surface area contributed by atoms with Crippen molar-refractivity contribution in [1.29, 1.82) is 0 Å². The second kappa shape index (κ2) is 6.46. The molecule has 1 aromatic carbocycles. The van der Waals surface area contributed by atoms with Gasteiger partial charge in [-0.15, -0.1) is 0 Å². The number of aromatic nitrogens is 1. The van der Waals surface area contributed by atoms with Crippen molar-refractivity contribution in [2.45, 2.75) is 13.0 Å². The number of aromatic carboxylic acids is 1. The van der Waals surface area contributed by atoms with E-state index in [4.69, 9.17) is 10.5 Å². The van der Waals surface area contributed by atoms with Crippen molar-refractivity contribution in [2.24, 2.45) is 23.5 Å². The first-order valence-electron chi connectivity index (χ1n) is 9.96. The molecule has 3 heterocycles. The van der Waals surface area contributed by atoms with Crippen LogP contribution in [0.15, 0.2) is 29.2 Å². The molecule has 3 N–H and O–H groups in total. The Bertz CT molecular complexity index is 1140. The number of anilines is 1. The van der Waals surface area contributed by atoms with Crippen LogP contribution in [0.4, 0.5) is 10.1 Å². The van der Waals surface area contributed by atoms with Gasteiger partial charge in [0.2, 0.25) is 5.43 Å². The summed E-state index contributed by atoms with van der Waals surface area (Å²) in [5.74, 6) is -0.838. The highest BCUT2D eigenvalue weighted by atomic mass is 19.1. The van der Waals surface area contributed by atoms with E-state index in [1.807, 2.05) is 11.0 Å². The van der Waals surface area contributed by atoms with Gasteiger partial charge in [0.25, 0.3) is 0 Å². The van der Waals surface area contributed by atoms with E-state index in [2.05, 4.69) is 13.0 Å². The number of fused-ring (bicyclic) bond motifs is 1. The molecular weight excluding hydrogens is 391 g/mol. The summed E-state index contributed by atoms with van der Waals surface area (Å²) in [6.07, 6.45) is 5.41. The first-order chi connectivity index (χ1) is 14.3. The van der Waals surface area contributed by atoms with Gasteiger partial charge in [-0.05, 0) is 17.9 Å². The van der Waals surface area contributed by atoms with Crippen LogP contribution in [0.1, 0.15) is 17.3 Å². The van der Waals surface area contributed by atoms with Crippen molar-refractivity contribution in [2.75, 3.05) is 36.8 Å². The maximum atomic E-state index is 15.4. The smallest absolute Gasteiger partial charge is 0.341 e. The minimum atomic E-state index is -1.35. The zero-order valence-electron chi connectivity index (χ0n) is 16.7. The number of carboxylic acid groups (broad SMARTS) is 1. The molecule has 1 aliphatic carbocycles. The van der Waals surface area contributed by atoms with Gasteiger partial charge in [-0.2, -0.15) is 0 Å². The van der Waals surface area contributed by atoms with Crippen LogP contribution in [-0.2, 0) is 0 Å². The summed E-state index contributed by atoms with van der Waals surface area (Å²) in [7, 11) is 1.71. The van der Waals surface area contributed by atoms with Gasteiger partial charge in [-0.1, -0.05) is 19.1 Å². The second-order valence-electron chi connectivity index (χ2n) is 8.44. The van der Waals surface area contributed by atoms with Crippen LogP contribution in [0.2, 0.25) is 0 Å². The Morgan fingerprint density at radius 1 is 1.30 bits per heavy atom. The Balaban J connectivity index is 1.71. The zero-order valence-corrected chi connectivity index (χ0v) is 16.7. The molecule has 30 heavy (non-hydrogen) atoms. The minimum Gasteiger partial charge on any atom is -0.477 e. The van der Waals surface area contributed by atoms with Gasteiger partial charge >= 0.3 is 5.97 Å². The number of carboxylic acids is 1. The summed E-state index contributed by atoms with van der Waals surface area (Å²) >= 11 is 0. The summed E-state index contributed by atoms with van der Waals surface area (Å²) in [5, 5.41) is 11.0. The Labute approximate surface area is 171 Å². The highest BCUT2D eigenvalue weighted by Crippen LogP contribution is 2.45. The van der Waals surface area contributed by atoms with Crippen LogP contribution in [0.25, 0.3) is 10.9 Å². The molecule has 1 fully saturated rings. The third-order valence-corrected chi connectivity index (χ3v) is 6.68. The highest BCUT2D eigenvalue weighted by Gasteiger charge is 2.42. The minimum absolute atomic E-state index is 0.0129. The number of pyridine rings is 1. The molecule has 4 atom stereocenters. The molecule has 5 rings (SSSR count). The first-order valence-corrected chi connectivity index (χ1v) is 9.96. The van der Waals surface area contributed by atoms with Crippen molar-refractivity contribution in [3.05, 3.63) is 46.0 Å². The topological polar surface area (TPSA) is 101 Å². The van der Waals surface area contributed by atoms with Crippen molar-refractivity contribution < 1.29 is 19.0 Å². The van der Waals surface area contributed by atoms with E-state index in [9.17, 15) is 14.7 Å². The van der Waals surface area contributed by atoms with E-state index in [0.717, 1.165) is 6.07 Å². The molecule has 3 aliphatic rings. The lowest BCUT2D eigenvalue weighted by atomic mass is 9.77. The lowest BCUT2D eigenvalue weighted by Gasteiger charge is -2.33. The van der Waals surface area contributed by atoms with Crippen LogP contribution in [0.5, 0.6) is 5.75 Å². The van der Waals surface area contributed by atoms with E-state index in [1.54, 1.807) is 16.7 Å². The third-order valence-electron chi connectivity index (χ3n) is 6.68. The van der Waals surface area contributed by atoms with Crippen molar-refractivity contribution in [3.63, 3.8) is 0 Å². The predicted octanol–water partition coefficient (Wildman–Crippen LogP) is 1.34. The number of ether oxygens (including phenoxy) is 1. The molecule has 0 spiro atoms. The van der Waals surface area contributed by atoms with E-state index in [1.165, 1.54) is 6.20 Å². The second-order valence-corrected chi connectivity index (χ2v) is 8.44. The summed E-state index contributed by atoms with van der Waals surface area (Å²) in [5.41, 5.74) is 5.84. The third kappa shape index (κ3) is 2.54. The standard InChI is InChI=1S/C21H23FN4O4/c1-10-3-4-16(23)13-7-25(6-12(10)13)18-15(22)5-11-17-20(18)30-9-24(2)26(17)8-14(19(11)27)21(28)29/h3-5,8,10,12-13,16H,6-7,9,23H2,1-2H3,(H,28,29). The van der Waals surface area contributed by atoms with Crippen LogP contribution >= 0.6 is 0 Å². The molecule has 0 bridgehead atoms. The number of hydrogen-bond donors (Lipinski definition) is 2. The number of nitrogens with two attached hydrogens (primary N) is 1. The number of rotatable bonds is 2. The Morgan fingerprint density at radius 2 is 2.03 bits per heavy atom. The average Bonchev–Trinajstić information content (AvgIpc) is 3.15. The summed E-state index contributed by atoms with van der Waals surface area (Å²) < 4.78 is 22.8. The van der Waals surface area contributed by atoms with Crippen molar-refractivity contribution in [3.8, 4) is 5.75 Å². The Morgan fingerprint density at radius 3 is 2.73 bits per heavy atom. The van der Waals surface area contributed by atoms with Gasteiger partial charge in [0, 0.05) is 38.3 Å². The molecule has 9 heteroatoms. The molecule has 0 saturated carbocycles. The lowest BCUT2D eigenvalue weighted by Crippen LogP contribution is -2.40. The highest BCUT2D eigenvalue weighted by molar-refractivity contribution is 5.97. The molecule has 8 nitrogen and oxygen atoms in total. The molecule has 4 unspecified atom stereocenters. The number of allylic oxidation sites excluding steroid dienone is 1. The number of halogens is 1. The van der Waals surface area contributed by atoms with Crippen LogP contribution in [0, 0.1) is 23.6 Å². The predicted molar refractivity (Wildman–Crippen MR) is 110 cm³/mol. The monoisotopic (exact) mass is 414 g/mol. The maximum absolute atomic E-state index is 15.4. The Hall–Kier alpha value is -3.07. The Kier molecular flexibility index (Phi) is 4.08. The van der Waals surface area contributed by atoms with Gasteiger partial charge in [0.15, 0.2) is 18.3 Å². The fourth-order valence-electron chi connectivity index (χ4n) is 5.06. The fraction of sp³-hybridized carbons (Fsp3) is 0.429. The first kappa shape index (κ1) is 18.9. The summed E-state index contributed by atoms with van der Waals surface area (Å²) in [4.78, 5) is 26.2. The molecule has 158 valence electrons. The molecule has 1 aromatic heterocycles. The normalized spacial score (nSPS) is 27.3. The van der Waals surface area contributed by atoms with Crippen LogP contribution in [0.3, 0.4) is 0 Å². The van der Waals surface area contributed by atoms with E-state index in [0.29, 0.717) is 36.1 Å². The van der Waals surface area contributed by atoms with Crippen LogP contribution < -0.4 is 25.8 Å². The van der Waals surface area contributed by atoms with Gasteiger partial charge in [0.1, 0.15) is 16.8 Å². The summed E-state index contributed by atoms with van der Waals surface area (Å²) in [6, 6.07) is 1.05. The van der Waals surface area contributed by atoms with Gasteiger partial charge in [-0.3, -0.25) is 14.5 Å². The van der Waals surface area contributed by atoms with E-state index < -0.39 is 22.8 Å². The fourth-order valence-corrected chi connectivity index (χ4v) is 5.06. The number of hydrogen-bond acceptors (Lipinski definition) is 6. The van der Waals surface area contributed by atoms with E-state index in [-0.39, 0.29) is 29.8 Å². The number of carbonyl (C=O) groups is 1. The largest absolute Gasteiger partial charge is 0.477 e. The number of nitrogens with zero attached hydrogens (tertiary/aromatic N) is 3. The van der Waals surface area contributed by atoms with Crippen molar-refractivity contribution in [1.82, 2.24) is 4.68 Å². The molecule has 2 aliphatic heterocycles. The maximum Gasteiger partial charge on any atom is 0.341 e. The van der Waals surface area contributed by atoms with Gasteiger partial charge in [-0.25, -0.2) is 9.18 Å². The SMILES string of the molecule is CC1C=CC(N)C2CN(c3c(F)cc4c(=O)c(C(=O)O)cn5c4c3OCN5C)CC12. The molecule has 0 radical (unpaired) electrons. The van der Waals surface area contributed by atoms with Crippen LogP contribution in [-0.4, -0.2) is 48.7 Å². The van der Waals surface area contributed by atoms with Crippen molar-refractivity contribution >= 4 is 22.6 Å². The number of benzene rings is 1. The zero-order chi connectivity index (χ0) is 21.3. The average molecular weight is 414 g/mol. The quantitative estimate of drug-likeness (QED) is 0.715. The molecule has 0 amide bonds. The van der Waals surface area contributed by atoms with Gasteiger partial charge in [0.05, 0.1) is 5.39 Å². The molecule has 2 aromatic rings.